The Kier molecular flexibility index (Phi) is 5.90. The van der Waals surface area contributed by atoms with Crippen molar-refractivity contribution in [3.8, 4) is 22.5 Å². The molecule has 3 aromatic heterocycles. The zero-order valence-corrected chi connectivity index (χ0v) is 20.0. The van der Waals surface area contributed by atoms with Gasteiger partial charge in [0.15, 0.2) is 0 Å². The third kappa shape index (κ3) is 4.63. The molecule has 6 nitrogen and oxygen atoms in total. The topological polar surface area (TPSA) is 60.9 Å². The van der Waals surface area contributed by atoms with E-state index in [0.717, 1.165) is 66.3 Å². The van der Waals surface area contributed by atoms with Gasteiger partial charge in [-0.2, -0.15) is 0 Å². The van der Waals surface area contributed by atoms with Crippen LogP contribution in [-0.4, -0.2) is 51.0 Å². The second-order valence-corrected chi connectivity index (χ2v) is 9.26. The van der Waals surface area contributed by atoms with E-state index in [1.807, 2.05) is 43.0 Å². The Bertz CT molecular complexity index is 1460. The minimum absolute atomic E-state index is 0.652. The third-order valence-electron chi connectivity index (χ3n) is 6.53. The second-order valence-electron chi connectivity index (χ2n) is 8.85. The van der Waals surface area contributed by atoms with E-state index < -0.39 is 0 Å². The molecule has 0 amide bonds. The highest BCUT2D eigenvalue weighted by Crippen LogP contribution is 2.29. The van der Waals surface area contributed by atoms with Gasteiger partial charge in [0, 0.05) is 74.3 Å². The van der Waals surface area contributed by atoms with Gasteiger partial charge in [0.1, 0.15) is 11.3 Å². The number of piperazine rings is 1. The molecule has 1 aliphatic rings. The zero-order chi connectivity index (χ0) is 23.6. The van der Waals surface area contributed by atoms with Crippen molar-refractivity contribution in [3.05, 3.63) is 96.0 Å². The van der Waals surface area contributed by atoms with Crippen molar-refractivity contribution in [1.29, 1.82) is 0 Å². The summed E-state index contributed by atoms with van der Waals surface area (Å²) in [5.41, 5.74) is 7.44. The van der Waals surface area contributed by atoms with Gasteiger partial charge in [0.05, 0.1) is 10.5 Å². The quantitative estimate of drug-likeness (QED) is 0.351. The van der Waals surface area contributed by atoms with E-state index in [0.29, 0.717) is 5.02 Å². The number of nitrogens with zero attached hydrogens (tertiary/aromatic N) is 5. The minimum Gasteiger partial charge on any atom is -0.369 e. The highest BCUT2D eigenvalue weighted by molar-refractivity contribution is 6.35. The van der Waals surface area contributed by atoms with Crippen LogP contribution in [0.2, 0.25) is 5.02 Å². The first-order valence-electron chi connectivity index (χ1n) is 11.8. The lowest BCUT2D eigenvalue weighted by atomic mass is 10.0. The van der Waals surface area contributed by atoms with Crippen LogP contribution in [0.4, 0.5) is 5.69 Å². The molecule has 1 N–H and O–H groups in total. The largest absolute Gasteiger partial charge is 0.369 e. The van der Waals surface area contributed by atoms with Gasteiger partial charge in [0.2, 0.25) is 0 Å². The first-order chi connectivity index (χ1) is 17.2. The van der Waals surface area contributed by atoms with Gasteiger partial charge in [-0.25, -0.2) is 4.98 Å². The number of para-hydroxylation sites is 1. The highest BCUT2D eigenvalue weighted by Gasteiger charge is 2.17. The Balaban J connectivity index is 1.18. The summed E-state index contributed by atoms with van der Waals surface area (Å²) < 4.78 is 0. The molecule has 0 aliphatic carbocycles. The molecule has 0 spiro atoms. The Hall–Kier alpha value is -3.74. The average Bonchev–Trinajstić information content (AvgIpc) is 3.36. The number of imidazole rings is 1. The van der Waals surface area contributed by atoms with Crippen LogP contribution in [0, 0.1) is 0 Å². The maximum absolute atomic E-state index is 6.32. The van der Waals surface area contributed by atoms with E-state index >= 15 is 0 Å². The van der Waals surface area contributed by atoms with Crippen LogP contribution in [-0.2, 0) is 6.54 Å². The number of H-pyrrole nitrogens is 1. The Morgan fingerprint density at radius 3 is 2.43 bits per heavy atom. The van der Waals surface area contributed by atoms with E-state index in [1.165, 1.54) is 11.3 Å². The fourth-order valence-electron chi connectivity index (χ4n) is 4.69. The molecule has 0 saturated carbocycles. The fourth-order valence-corrected chi connectivity index (χ4v) is 4.91. The Labute approximate surface area is 209 Å². The number of aromatic amines is 1. The zero-order valence-electron chi connectivity index (χ0n) is 19.2. The molecule has 4 heterocycles. The number of fused-ring (bicyclic) bond motifs is 1. The van der Waals surface area contributed by atoms with E-state index in [-0.39, 0.29) is 0 Å². The number of halogens is 1. The number of hydrogen-bond donors (Lipinski definition) is 1. The normalized spacial score (nSPS) is 14.5. The molecule has 7 heteroatoms. The van der Waals surface area contributed by atoms with Crippen LogP contribution in [0.5, 0.6) is 0 Å². The fraction of sp³-hybridized carbons (Fsp3) is 0.179. The molecule has 6 rings (SSSR count). The molecule has 0 atom stereocenters. The third-order valence-corrected chi connectivity index (χ3v) is 6.84. The van der Waals surface area contributed by atoms with Gasteiger partial charge in [0.25, 0.3) is 0 Å². The number of nitrogens with one attached hydrogen (secondary N) is 1. The number of benzene rings is 2. The lowest BCUT2D eigenvalue weighted by Crippen LogP contribution is -2.45. The van der Waals surface area contributed by atoms with Crippen LogP contribution in [0.3, 0.4) is 0 Å². The molecule has 2 aromatic carbocycles. The van der Waals surface area contributed by atoms with Crippen LogP contribution < -0.4 is 4.90 Å². The van der Waals surface area contributed by atoms with Crippen LogP contribution in [0.25, 0.3) is 33.5 Å². The van der Waals surface area contributed by atoms with Gasteiger partial charge in [-0.05, 0) is 47.5 Å². The summed E-state index contributed by atoms with van der Waals surface area (Å²) in [6.07, 6.45) is 7.62. The van der Waals surface area contributed by atoms with Gasteiger partial charge in [-0.15, -0.1) is 0 Å². The molecule has 0 bridgehead atoms. The first kappa shape index (κ1) is 21.8. The monoisotopic (exact) mass is 480 g/mol. The highest BCUT2D eigenvalue weighted by atomic mass is 35.5. The summed E-state index contributed by atoms with van der Waals surface area (Å²) in [5, 5.41) is 0.652. The molecule has 35 heavy (non-hydrogen) atoms. The van der Waals surface area contributed by atoms with Gasteiger partial charge in [-0.1, -0.05) is 35.9 Å². The number of rotatable bonds is 5. The molecule has 174 valence electrons. The summed E-state index contributed by atoms with van der Waals surface area (Å²) in [4.78, 5) is 21.7. The summed E-state index contributed by atoms with van der Waals surface area (Å²) in [7, 11) is 0. The van der Waals surface area contributed by atoms with E-state index in [9.17, 15) is 0 Å². The van der Waals surface area contributed by atoms with Crippen molar-refractivity contribution in [2.75, 3.05) is 31.1 Å². The van der Waals surface area contributed by atoms with E-state index in [2.05, 4.69) is 67.2 Å². The SMILES string of the molecule is Clc1cccc2[nH]c(-c3cccc(-c4cncc(CN5CCN(c6ccncc6)CC5)c4)c3)nc12. The second kappa shape index (κ2) is 9.49. The minimum atomic E-state index is 0.652. The van der Waals surface area contributed by atoms with Crippen LogP contribution in [0.15, 0.2) is 85.5 Å². The molecule has 1 fully saturated rings. The molecule has 5 aromatic rings. The van der Waals surface area contributed by atoms with E-state index in [4.69, 9.17) is 16.6 Å². The standard InChI is InChI=1S/C28H25ClN6/c29-25-5-2-6-26-27(25)33-28(32-26)22-4-1-3-21(16-22)23-15-20(17-31-18-23)19-34-11-13-35(14-12-34)24-7-9-30-10-8-24/h1-10,15-18H,11-14,19H2,(H,32,33). The number of hydrogen-bond acceptors (Lipinski definition) is 5. The molecular formula is C28H25ClN6. The van der Waals surface area contributed by atoms with Crippen molar-refractivity contribution >= 4 is 28.3 Å². The first-order valence-corrected chi connectivity index (χ1v) is 12.2. The van der Waals surface area contributed by atoms with Crippen LogP contribution >= 0.6 is 11.6 Å². The molecule has 1 aliphatic heterocycles. The number of aromatic nitrogens is 4. The molecule has 0 unspecified atom stereocenters. The maximum atomic E-state index is 6.32. The van der Waals surface area contributed by atoms with Crippen molar-refractivity contribution < 1.29 is 0 Å². The van der Waals surface area contributed by atoms with Crippen molar-refractivity contribution in [2.24, 2.45) is 0 Å². The molecule has 0 radical (unpaired) electrons. The van der Waals surface area contributed by atoms with Gasteiger partial charge in [-0.3, -0.25) is 14.9 Å². The van der Waals surface area contributed by atoms with Gasteiger partial charge < -0.3 is 9.88 Å². The van der Waals surface area contributed by atoms with E-state index in [1.54, 1.807) is 0 Å². The molecular weight excluding hydrogens is 456 g/mol. The predicted molar refractivity (Wildman–Crippen MR) is 141 cm³/mol. The number of anilines is 1. The average molecular weight is 481 g/mol. The lowest BCUT2D eigenvalue weighted by Gasteiger charge is -2.36. The predicted octanol–water partition coefficient (Wildman–Crippen LogP) is 5.66. The van der Waals surface area contributed by atoms with Crippen molar-refractivity contribution in [1.82, 2.24) is 24.8 Å². The summed E-state index contributed by atoms with van der Waals surface area (Å²) in [5.74, 6) is 0.811. The summed E-state index contributed by atoms with van der Waals surface area (Å²) >= 11 is 6.32. The van der Waals surface area contributed by atoms with Gasteiger partial charge >= 0.3 is 0 Å². The number of pyridine rings is 2. The summed E-state index contributed by atoms with van der Waals surface area (Å²) in [6.45, 7) is 4.97. The summed E-state index contributed by atoms with van der Waals surface area (Å²) in [6, 6.07) is 20.6. The maximum Gasteiger partial charge on any atom is 0.138 e. The van der Waals surface area contributed by atoms with Crippen LogP contribution in [0.1, 0.15) is 5.56 Å². The Morgan fingerprint density at radius 2 is 1.60 bits per heavy atom. The molecule has 1 saturated heterocycles. The van der Waals surface area contributed by atoms with Crippen molar-refractivity contribution in [3.63, 3.8) is 0 Å². The Morgan fingerprint density at radius 1 is 0.800 bits per heavy atom. The van der Waals surface area contributed by atoms with Crippen molar-refractivity contribution in [2.45, 2.75) is 6.54 Å². The smallest absolute Gasteiger partial charge is 0.138 e. The lowest BCUT2D eigenvalue weighted by molar-refractivity contribution is 0.249.